The third-order valence-electron chi connectivity index (χ3n) is 3.94. The summed E-state index contributed by atoms with van der Waals surface area (Å²) in [7, 11) is 0. The molecule has 0 radical (unpaired) electrons. The number of Topliss-reactive ketones (excluding diaryl/α,β-unsaturated/α-hetero) is 1. The third kappa shape index (κ3) is 7.15. The van der Waals surface area contributed by atoms with E-state index >= 15 is 0 Å². The van der Waals surface area contributed by atoms with Crippen molar-refractivity contribution in [3.63, 3.8) is 0 Å². The van der Waals surface area contributed by atoms with Crippen LogP contribution in [0.25, 0.3) is 0 Å². The quantitative estimate of drug-likeness (QED) is 0.374. The zero-order valence-electron chi connectivity index (χ0n) is 16.4. The van der Waals surface area contributed by atoms with E-state index in [1.54, 1.807) is 11.3 Å². The summed E-state index contributed by atoms with van der Waals surface area (Å²) in [5, 5.41) is 2.62. The summed E-state index contributed by atoms with van der Waals surface area (Å²) < 4.78 is 10.4. The van der Waals surface area contributed by atoms with E-state index in [2.05, 4.69) is 5.32 Å². The van der Waals surface area contributed by atoms with Crippen LogP contribution in [0.15, 0.2) is 30.3 Å². The van der Waals surface area contributed by atoms with Crippen LogP contribution in [0.2, 0.25) is 0 Å². The first-order valence-corrected chi connectivity index (χ1v) is 9.89. The largest absolute Gasteiger partial charge is 0.492 e. The predicted molar refractivity (Wildman–Crippen MR) is 108 cm³/mol. The highest BCUT2D eigenvalue weighted by Gasteiger charge is 2.15. The summed E-state index contributed by atoms with van der Waals surface area (Å²) in [6.45, 7) is 6.05. The second kappa shape index (κ2) is 10.6. The van der Waals surface area contributed by atoms with Gasteiger partial charge in [-0.15, -0.1) is 11.3 Å². The van der Waals surface area contributed by atoms with Crippen molar-refractivity contribution in [2.75, 3.05) is 19.8 Å². The summed E-state index contributed by atoms with van der Waals surface area (Å²) >= 11 is 1.55. The minimum Gasteiger partial charge on any atom is -0.492 e. The molecular weight excluding hydrogens is 378 g/mol. The van der Waals surface area contributed by atoms with Gasteiger partial charge in [-0.1, -0.05) is 12.1 Å². The van der Waals surface area contributed by atoms with Crippen LogP contribution in [0.4, 0.5) is 0 Å². The fourth-order valence-electron chi connectivity index (χ4n) is 2.59. The molecule has 1 aromatic carbocycles. The summed E-state index contributed by atoms with van der Waals surface area (Å²) in [4.78, 5) is 37.6. The Bertz CT molecular complexity index is 843. The molecule has 28 heavy (non-hydrogen) atoms. The molecule has 2 aromatic rings. The van der Waals surface area contributed by atoms with Crippen LogP contribution < -0.4 is 10.1 Å². The number of esters is 1. The van der Waals surface area contributed by atoms with Gasteiger partial charge in [-0.3, -0.25) is 14.4 Å². The van der Waals surface area contributed by atoms with Crippen molar-refractivity contribution in [1.82, 2.24) is 5.32 Å². The number of carbonyl (C=O) groups excluding carboxylic acids is 3. The molecule has 0 aliphatic heterocycles. The van der Waals surface area contributed by atoms with Crippen LogP contribution in [0.5, 0.6) is 5.75 Å². The van der Waals surface area contributed by atoms with Crippen molar-refractivity contribution in [3.8, 4) is 5.75 Å². The third-order valence-corrected chi connectivity index (χ3v) is 4.91. The van der Waals surface area contributed by atoms with E-state index in [9.17, 15) is 14.4 Å². The number of hydrogen-bond donors (Lipinski definition) is 1. The Hall–Kier alpha value is -2.67. The molecule has 0 aliphatic carbocycles. The molecule has 7 heteroatoms. The first-order valence-electron chi connectivity index (χ1n) is 9.07. The molecule has 6 nitrogen and oxygen atoms in total. The summed E-state index contributed by atoms with van der Waals surface area (Å²) in [6, 6.07) is 9.45. The highest BCUT2D eigenvalue weighted by molar-refractivity contribution is 7.12. The normalized spacial score (nSPS) is 10.4. The predicted octanol–water partition coefficient (Wildman–Crippen LogP) is 3.37. The molecule has 0 fully saturated rings. The van der Waals surface area contributed by atoms with Crippen molar-refractivity contribution in [2.24, 2.45) is 0 Å². The first kappa shape index (κ1) is 21.6. The van der Waals surface area contributed by atoms with Gasteiger partial charge in [-0.25, -0.2) is 0 Å². The lowest BCUT2D eigenvalue weighted by atomic mass is 10.1. The zero-order valence-corrected chi connectivity index (χ0v) is 17.2. The number of benzene rings is 1. The van der Waals surface area contributed by atoms with E-state index in [4.69, 9.17) is 9.47 Å². The maximum Gasteiger partial charge on any atom is 0.306 e. The van der Waals surface area contributed by atoms with Gasteiger partial charge in [0.1, 0.15) is 12.4 Å². The minimum atomic E-state index is -0.566. The van der Waals surface area contributed by atoms with Crippen molar-refractivity contribution in [1.29, 1.82) is 0 Å². The highest BCUT2D eigenvalue weighted by Crippen LogP contribution is 2.22. The van der Waals surface area contributed by atoms with E-state index in [0.29, 0.717) is 18.7 Å². The maximum atomic E-state index is 12.1. The fraction of sp³-hybridized carbons (Fsp3) is 0.381. The molecule has 1 aromatic heterocycles. The van der Waals surface area contributed by atoms with Crippen molar-refractivity contribution in [3.05, 3.63) is 51.2 Å². The first-order chi connectivity index (χ1) is 13.3. The van der Waals surface area contributed by atoms with Crippen LogP contribution >= 0.6 is 11.3 Å². The van der Waals surface area contributed by atoms with E-state index in [1.165, 1.54) is 0 Å². The van der Waals surface area contributed by atoms with E-state index in [0.717, 1.165) is 21.1 Å². The average Bonchev–Trinajstić information content (AvgIpc) is 3.00. The molecule has 1 heterocycles. The Morgan fingerprint density at radius 1 is 1.07 bits per heavy atom. The SMILES string of the molecule is Cc1cccc(OCCNC(=O)COC(=O)CCC(=O)c2cc(C)sc2C)c1. The van der Waals surface area contributed by atoms with Gasteiger partial charge < -0.3 is 14.8 Å². The van der Waals surface area contributed by atoms with Gasteiger partial charge in [0, 0.05) is 21.7 Å². The smallest absolute Gasteiger partial charge is 0.306 e. The number of thiophene rings is 1. The Morgan fingerprint density at radius 3 is 2.54 bits per heavy atom. The number of amides is 1. The molecule has 2 rings (SSSR count). The van der Waals surface area contributed by atoms with Crippen LogP contribution in [0.1, 0.15) is 38.5 Å². The van der Waals surface area contributed by atoms with Gasteiger partial charge in [0.05, 0.1) is 13.0 Å². The van der Waals surface area contributed by atoms with Gasteiger partial charge in [0.15, 0.2) is 12.4 Å². The van der Waals surface area contributed by atoms with E-state index in [-0.39, 0.29) is 25.2 Å². The lowest BCUT2D eigenvalue weighted by Gasteiger charge is -2.09. The standard InChI is InChI=1S/C21H25NO5S/c1-14-5-4-6-17(11-14)26-10-9-22-20(24)13-27-21(25)8-7-19(23)18-12-15(2)28-16(18)3/h4-6,11-12H,7-10,13H2,1-3H3,(H,22,24). The molecule has 0 aliphatic rings. The number of nitrogens with one attached hydrogen (secondary N) is 1. The monoisotopic (exact) mass is 403 g/mol. The number of carbonyl (C=O) groups is 3. The minimum absolute atomic E-state index is 0.0447. The van der Waals surface area contributed by atoms with Crippen LogP contribution in [0, 0.1) is 20.8 Å². The van der Waals surface area contributed by atoms with Crippen molar-refractivity contribution < 1.29 is 23.9 Å². The number of hydrogen-bond acceptors (Lipinski definition) is 6. The molecule has 0 unspecified atom stereocenters. The van der Waals surface area contributed by atoms with Crippen LogP contribution in [0.3, 0.4) is 0 Å². The Morgan fingerprint density at radius 2 is 1.86 bits per heavy atom. The Balaban J connectivity index is 1.59. The number of ketones is 1. The van der Waals surface area contributed by atoms with E-state index < -0.39 is 11.9 Å². The summed E-state index contributed by atoms with van der Waals surface area (Å²) in [5.74, 6) is -0.320. The van der Waals surface area contributed by atoms with Gasteiger partial charge in [0.25, 0.3) is 5.91 Å². The van der Waals surface area contributed by atoms with Gasteiger partial charge >= 0.3 is 5.97 Å². The second-order valence-electron chi connectivity index (χ2n) is 6.43. The fourth-order valence-corrected chi connectivity index (χ4v) is 3.53. The van der Waals surface area contributed by atoms with Gasteiger partial charge in [0.2, 0.25) is 0 Å². The zero-order chi connectivity index (χ0) is 20.5. The molecule has 0 saturated carbocycles. The number of ether oxygens (including phenoxy) is 2. The lowest BCUT2D eigenvalue weighted by molar-refractivity contribution is -0.148. The van der Waals surface area contributed by atoms with Gasteiger partial charge in [-0.2, -0.15) is 0 Å². The molecule has 0 atom stereocenters. The summed E-state index contributed by atoms with van der Waals surface area (Å²) in [6.07, 6.45) is 0.0265. The molecule has 1 amide bonds. The summed E-state index contributed by atoms with van der Waals surface area (Å²) in [5.41, 5.74) is 1.75. The molecule has 0 bridgehead atoms. The van der Waals surface area contributed by atoms with Crippen LogP contribution in [-0.4, -0.2) is 37.4 Å². The second-order valence-corrected chi connectivity index (χ2v) is 7.89. The van der Waals surface area contributed by atoms with E-state index in [1.807, 2.05) is 51.1 Å². The maximum absolute atomic E-state index is 12.1. The average molecular weight is 404 g/mol. The highest BCUT2D eigenvalue weighted by atomic mass is 32.1. The lowest BCUT2D eigenvalue weighted by Crippen LogP contribution is -2.32. The molecular formula is C21H25NO5S. The Kier molecular flexibility index (Phi) is 8.19. The topological polar surface area (TPSA) is 81.7 Å². The number of rotatable bonds is 10. The number of aryl methyl sites for hydroxylation is 3. The Labute approximate surface area is 168 Å². The molecule has 150 valence electrons. The van der Waals surface area contributed by atoms with Gasteiger partial charge in [-0.05, 0) is 44.5 Å². The van der Waals surface area contributed by atoms with Crippen LogP contribution in [-0.2, 0) is 14.3 Å². The molecule has 1 N–H and O–H groups in total. The van der Waals surface area contributed by atoms with Crippen molar-refractivity contribution >= 4 is 29.0 Å². The van der Waals surface area contributed by atoms with Crippen molar-refractivity contribution in [2.45, 2.75) is 33.6 Å². The molecule has 0 spiro atoms. The molecule has 0 saturated heterocycles.